The molecule has 0 spiro atoms. The van der Waals surface area contributed by atoms with Crippen molar-refractivity contribution in [2.45, 2.75) is 69.0 Å². The van der Waals surface area contributed by atoms with E-state index in [1.165, 1.54) is 0 Å². The van der Waals surface area contributed by atoms with Crippen LogP contribution in [-0.2, 0) is 4.74 Å². The van der Waals surface area contributed by atoms with Gasteiger partial charge >= 0.3 is 0 Å². The van der Waals surface area contributed by atoms with Gasteiger partial charge in [-0.25, -0.2) is 0 Å². The first-order valence-corrected chi connectivity index (χ1v) is 8.27. The van der Waals surface area contributed by atoms with E-state index < -0.39 is 11.2 Å². The van der Waals surface area contributed by atoms with Gasteiger partial charge in [-0.05, 0) is 57.8 Å². The smallest absolute Gasteiger partial charge is 0.0965 e. The Balaban J connectivity index is 5.26. The average molecular weight is 322 g/mol. The topological polar surface area (TPSA) is 110 Å². The lowest BCUT2D eigenvalue weighted by Gasteiger charge is -2.47. The number of methoxy groups -OCH3 is 1. The Morgan fingerprint density at radius 1 is 0.636 bits per heavy atom. The highest BCUT2D eigenvalue weighted by atomic mass is 16.5. The Bertz CT molecular complexity index is 253. The van der Waals surface area contributed by atoms with Crippen LogP contribution < -0.4 is 0 Å². The Kier molecular flexibility index (Phi) is 12.1. The number of hydrogen-bond acceptors (Lipinski definition) is 6. The normalized spacial score (nSPS) is 15.0. The number of aliphatic hydroxyl groups is 5. The van der Waals surface area contributed by atoms with Gasteiger partial charge in [0.1, 0.15) is 0 Å². The van der Waals surface area contributed by atoms with Crippen molar-refractivity contribution < 1.29 is 30.3 Å². The third-order valence-electron chi connectivity index (χ3n) is 4.46. The minimum absolute atomic E-state index is 0.0151. The summed E-state index contributed by atoms with van der Waals surface area (Å²) >= 11 is 0. The number of rotatable bonds is 15. The molecule has 0 aromatic heterocycles. The van der Waals surface area contributed by atoms with Crippen LogP contribution in [0, 0.1) is 0 Å². The lowest BCUT2D eigenvalue weighted by Crippen LogP contribution is -2.56. The van der Waals surface area contributed by atoms with Crippen LogP contribution in [0.3, 0.4) is 0 Å². The summed E-state index contributed by atoms with van der Waals surface area (Å²) in [5, 5.41) is 47.6. The van der Waals surface area contributed by atoms with Gasteiger partial charge in [0, 0.05) is 33.5 Å². The van der Waals surface area contributed by atoms with E-state index in [4.69, 9.17) is 25.2 Å². The van der Waals surface area contributed by atoms with Crippen molar-refractivity contribution in [1.82, 2.24) is 0 Å². The van der Waals surface area contributed by atoms with Gasteiger partial charge in [0.05, 0.1) is 11.2 Å². The molecular formula is C16H34O6. The van der Waals surface area contributed by atoms with Gasteiger partial charge in [-0.1, -0.05) is 0 Å². The van der Waals surface area contributed by atoms with Gasteiger partial charge in [0.25, 0.3) is 0 Å². The number of ether oxygens (including phenoxy) is 1. The van der Waals surface area contributed by atoms with Crippen molar-refractivity contribution in [3.63, 3.8) is 0 Å². The van der Waals surface area contributed by atoms with Crippen LogP contribution in [0.25, 0.3) is 0 Å². The quantitative estimate of drug-likeness (QED) is 0.282. The molecule has 6 heteroatoms. The molecule has 0 rings (SSSR count). The molecule has 0 fully saturated rings. The monoisotopic (exact) mass is 322 g/mol. The van der Waals surface area contributed by atoms with Crippen molar-refractivity contribution >= 4 is 0 Å². The largest absolute Gasteiger partial charge is 0.396 e. The van der Waals surface area contributed by atoms with Crippen LogP contribution >= 0.6 is 0 Å². The summed E-state index contributed by atoms with van der Waals surface area (Å²) in [5.74, 6) is 0. The predicted molar refractivity (Wildman–Crippen MR) is 84.6 cm³/mol. The van der Waals surface area contributed by atoms with E-state index in [0.717, 1.165) is 0 Å². The maximum Gasteiger partial charge on any atom is 0.0965 e. The fourth-order valence-electron chi connectivity index (χ4n) is 3.20. The van der Waals surface area contributed by atoms with Crippen molar-refractivity contribution in [3.05, 3.63) is 0 Å². The minimum Gasteiger partial charge on any atom is -0.396 e. The summed E-state index contributed by atoms with van der Waals surface area (Å²) in [6, 6.07) is 0. The molecule has 1 atom stereocenters. The molecule has 0 radical (unpaired) electrons. The van der Waals surface area contributed by atoms with Crippen LogP contribution in [0.5, 0.6) is 0 Å². The molecule has 0 aromatic rings. The Morgan fingerprint density at radius 2 is 1.05 bits per heavy atom. The predicted octanol–water partition coefficient (Wildman–Crippen LogP) is 0.583. The van der Waals surface area contributed by atoms with Gasteiger partial charge < -0.3 is 30.3 Å². The molecule has 1 unspecified atom stereocenters. The van der Waals surface area contributed by atoms with Crippen LogP contribution in [0.2, 0.25) is 0 Å². The van der Waals surface area contributed by atoms with Crippen LogP contribution in [0.4, 0.5) is 0 Å². The molecule has 0 aromatic carbocycles. The molecule has 0 aliphatic carbocycles. The van der Waals surface area contributed by atoms with Crippen LogP contribution in [0.15, 0.2) is 0 Å². The average Bonchev–Trinajstić information content (AvgIpc) is 2.54. The molecule has 6 nitrogen and oxygen atoms in total. The van der Waals surface area contributed by atoms with Gasteiger partial charge in [0.15, 0.2) is 0 Å². The first kappa shape index (κ1) is 21.8. The van der Waals surface area contributed by atoms with Crippen LogP contribution in [0.1, 0.15) is 57.8 Å². The Hall–Kier alpha value is -0.240. The molecule has 0 bridgehead atoms. The molecule has 0 amide bonds. The molecule has 0 saturated carbocycles. The third-order valence-corrected chi connectivity index (χ3v) is 4.46. The molecule has 0 aliphatic rings. The summed E-state index contributed by atoms with van der Waals surface area (Å²) in [5.41, 5.74) is -2.01. The van der Waals surface area contributed by atoms with Crippen molar-refractivity contribution in [1.29, 1.82) is 0 Å². The van der Waals surface area contributed by atoms with Gasteiger partial charge in [0.2, 0.25) is 0 Å². The molecule has 22 heavy (non-hydrogen) atoms. The SMILES string of the molecule is COC(CCCO)(CCCCO)C(O)(CCCO)CCCO. The summed E-state index contributed by atoms with van der Waals surface area (Å²) in [7, 11) is 1.55. The summed E-state index contributed by atoms with van der Waals surface area (Å²) in [6.07, 6.45) is 4.56. The second-order valence-corrected chi connectivity index (χ2v) is 5.89. The second-order valence-electron chi connectivity index (χ2n) is 5.89. The Morgan fingerprint density at radius 3 is 1.45 bits per heavy atom. The number of aliphatic hydroxyl groups excluding tert-OH is 4. The molecule has 0 saturated heterocycles. The van der Waals surface area contributed by atoms with E-state index in [-0.39, 0.29) is 26.4 Å². The molecule has 5 N–H and O–H groups in total. The zero-order chi connectivity index (χ0) is 16.9. The van der Waals surface area contributed by atoms with Crippen molar-refractivity contribution in [2.24, 2.45) is 0 Å². The second kappa shape index (κ2) is 12.2. The zero-order valence-corrected chi connectivity index (χ0v) is 13.8. The van der Waals surface area contributed by atoms with Crippen molar-refractivity contribution in [2.75, 3.05) is 33.5 Å². The fourth-order valence-corrected chi connectivity index (χ4v) is 3.20. The van der Waals surface area contributed by atoms with E-state index in [9.17, 15) is 5.11 Å². The number of unbranched alkanes of at least 4 members (excludes halogenated alkanes) is 1. The molecule has 134 valence electrons. The lowest BCUT2D eigenvalue weighted by molar-refractivity contribution is -0.189. The summed E-state index contributed by atoms with van der Waals surface area (Å²) < 4.78 is 5.74. The third kappa shape index (κ3) is 6.48. The molecule has 0 aliphatic heterocycles. The van der Waals surface area contributed by atoms with Crippen LogP contribution in [-0.4, -0.2) is 70.3 Å². The number of hydrogen-bond donors (Lipinski definition) is 5. The Labute approximate surface area is 133 Å². The molecule has 0 heterocycles. The van der Waals surface area contributed by atoms with Crippen molar-refractivity contribution in [3.8, 4) is 0 Å². The maximum absolute atomic E-state index is 11.2. The minimum atomic E-state index is -1.17. The van der Waals surface area contributed by atoms with E-state index in [1.54, 1.807) is 7.11 Å². The highest BCUT2D eigenvalue weighted by Gasteiger charge is 2.48. The van der Waals surface area contributed by atoms with E-state index >= 15 is 0 Å². The zero-order valence-electron chi connectivity index (χ0n) is 13.8. The maximum atomic E-state index is 11.2. The fraction of sp³-hybridized carbons (Fsp3) is 1.00. The highest BCUT2D eigenvalue weighted by molar-refractivity contribution is 5.01. The summed E-state index contributed by atoms with van der Waals surface area (Å²) in [6.45, 7) is 0.0719. The first-order chi connectivity index (χ1) is 10.6. The first-order valence-electron chi connectivity index (χ1n) is 8.27. The van der Waals surface area contributed by atoms with E-state index in [1.807, 2.05) is 0 Å². The van der Waals surface area contributed by atoms with Gasteiger partial charge in [-0.2, -0.15) is 0 Å². The standard InChI is InChI=1S/C16H34O6/c1-22-16(10-6-14-20,9-2-3-11-17)15(21,7-4-12-18)8-5-13-19/h17-21H,2-14H2,1H3. The molecular weight excluding hydrogens is 288 g/mol. The lowest BCUT2D eigenvalue weighted by atomic mass is 9.71. The highest BCUT2D eigenvalue weighted by Crippen LogP contribution is 2.41. The van der Waals surface area contributed by atoms with E-state index in [0.29, 0.717) is 57.8 Å². The van der Waals surface area contributed by atoms with Gasteiger partial charge in [-0.15, -0.1) is 0 Å². The van der Waals surface area contributed by atoms with E-state index in [2.05, 4.69) is 0 Å². The van der Waals surface area contributed by atoms with Gasteiger partial charge in [-0.3, -0.25) is 0 Å². The summed E-state index contributed by atoms with van der Waals surface area (Å²) in [4.78, 5) is 0.